The summed E-state index contributed by atoms with van der Waals surface area (Å²) in [6, 6.07) is 9.01. The van der Waals surface area contributed by atoms with Crippen molar-refractivity contribution in [3.8, 4) is 16.9 Å². The number of carbonyl (C=O) groups is 1. The molecular formula is C23H23ClN6O2. The highest BCUT2D eigenvalue weighted by molar-refractivity contribution is 6.36. The molecule has 0 radical (unpaired) electrons. The van der Waals surface area contributed by atoms with Crippen LogP contribution in [0.25, 0.3) is 22.0 Å². The second kappa shape index (κ2) is 8.84. The molecule has 0 aliphatic rings. The van der Waals surface area contributed by atoms with Crippen molar-refractivity contribution < 1.29 is 9.53 Å². The van der Waals surface area contributed by atoms with E-state index in [9.17, 15) is 4.79 Å². The minimum Gasteiger partial charge on any atom is -0.494 e. The van der Waals surface area contributed by atoms with Crippen LogP contribution in [0, 0.1) is 0 Å². The summed E-state index contributed by atoms with van der Waals surface area (Å²) in [7, 11) is 3.44. The Balaban J connectivity index is 1.68. The van der Waals surface area contributed by atoms with E-state index in [0.717, 1.165) is 16.8 Å². The quantitative estimate of drug-likeness (QED) is 0.446. The van der Waals surface area contributed by atoms with Gasteiger partial charge in [0.1, 0.15) is 5.52 Å². The molecule has 0 fully saturated rings. The van der Waals surface area contributed by atoms with E-state index in [1.54, 1.807) is 48.5 Å². The molecular weight excluding hydrogens is 428 g/mol. The van der Waals surface area contributed by atoms with Crippen molar-refractivity contribution in [3.63, 3.8) is 0 Å². The summed E-state index contributed by atoms with van der Waals surface area (Å²) >= 11 is 6.52. The molecule has 8 nitrogen and oxygen atoms in total. The van der Waals surface area contributed by atoms with Gasteiger partial charge in [0, 0.05) is 53.2 Å². The largest absolute Gasteiger partial charge is 0.494 e. The van der Waals surface area contributed by atoms with Gasteiger partial charge in [-0.1, -0.05) is 11.6 Å². The molecule has 0 aliphatic heterocycles. The predicted octanol–water partition coefficient (Wildman–Crippen LogP) is 4.57. The fraction of sp³-hybridized carbons (Fsp3) is 0.217. The number of anilines is 2. The number of amides is 1. The molecule has 2 N–H and O–H groups in total. The zero-order valence-corrected chi connectivity index (χ0v) is 18.9. The van der Waals surface area contributed by atoms with Gasteiger partial charge in [0.2, 0.25) is 5.95 Å². The SMILES string of the molecule is COc1c(-c2cnn(C)c2)cc(Cl)c2cnc(Nc3ccc(C(=O)NC(C)C)cc3)nc12. The molecule has 4 rings (SSSR count). The summed E-state index contributed by atoms with van der Waals surface area (Å²) in [5.74, 6) is 0.856. The lowest BCUT2D eigenvalue weighted by Gasteiger charge is -2.13. The van der Waals surface area contributed by atoms with Gasteiger partial charge >= 0.3 is 0 Å². The third-order valence-electron chi connectivity index (χ3n) is 4.82. The van der Waals surface area contributed by atoms with Gasteiger partial charge in [-0.15, -0.1) is 0 Å². The Morgan fingerprint density at radius 1 is 1.19 bits per heavy atom. The molecule has 2 heterocycles. The monoisotopic (exact) mass is 450 g/mol. The minimum atomic E-state index is -0.115. The Morgan fingerprint density at radius 2 is 1.94 bits per heavy atom. The summed E-state index contributed by atoms with van der Waals surface area (Å²) in [6.45, 7) is 3.84. The third-order valence-corrected chi connectivity index (χ3v) is 5.13. The highest BCUT2D eigenvalue weighted by atomic mass is 35.5. The van der Waals surface area contributed by atoms with Crippen molar-refractivity contribution in [1.29, 1.82) is 0 Å². The zero-order valence-electron chi connectivity index (χ0n) is 18.2. The Hall–Kier alpha value is -3.65. The normalized spacial score (nSPS) is 11.1. The van der Waals surface area contributed by atoms with E-state index in [1.165, 1.54) is 0 Å². The fourth-order valence-electron chi connectivity index (χ4n) is 3.35. The summed E-state index contributed by atoms with van der Waals surface area (Å²) < 4.78 is 7.41. The Bertz CT molecular complexity index is 1280. The molecule has 0 unspecified atom stereocenters. The molecule has 0 aliphatic carbocycles. The van der Waals surface area contributed by atoms with Crippen LogP contribution in [0.3, 0.4) is 0 Å². The number of nitrogens with zero attached hydrogens (tertiary/aromatic N) is 4. The number of ether oxygens (including phenoxy) is 1. The van der Waals surface area contributed by atoms with E-state index in [2.05, 4.69) is 25.7 Å². The number of benzene rings is 2. The number of halogens is 1. The first-order valence-electron chi connectivity index (χ1n) is 10.1. The van der Waals surface area contributed by atoms with E-state index in [0.29, 0.717) is 33.2 Å². The van der Waals surface area contributed by atoms with Gasteiger partial charge in [-0.05, 0) is 44.2 Å². The molecule has 32 heavy (non-hydrogen) atoms. The average molecular weight is 451 g/mol. The summed E-state index contributed by atoms with van der Waals surface area (Å²) in [5.41, 5.74) is 3.58. The molecule has 9 heteroatoms. The van der Waals surface area contributed by atoms with Crippen LogP contribution in [0.4, 0.5) is 11.6 Å². The Kier molecular flexibility index (Phi) is 5.96. The van der Waals surface area contributed by atoms with E-state index in [1.807, 2.05) is 33.2 Å². The van der Waals surface area contributed by atoms with E-state index in [4.69, 9.17) is 16.3 Å². The van der Waals surface area contributed by atoms with Crippen molar-refractivity contribution in [2.24, 2.45) is 7.05 Å². The molecule has 0 saturated heterocycles. The molecule has 0 atom stereocenters. The number of hydrogen-bond acceptors (Lipinski definition) is 6. The standard InChI is InChI=1S/C23H23ClN6O2/c1-13(2)27-22(31)14-5-7-16(8-6-14)28-23-25-11-18-19(24)9-17(15-10-26-30(3)12-15)21(32-4)20(18)29-23/h5-13H,1-4H3,(H,27,31)(H,25,28,29). The minimum absolute atomic E-state index is 0.0738. The van der Waals surface area contributed by atoms with E-state index < -0.39 is 0 Å². The molecule has 4 aromatic rings. The maximum atomic E-state index is 12.1. The van der Waals surface area contributed by atoms with Crippen LogP contribution >= 0.6 is 11.6 Å². The number of aromatic nitrogens is 4. The second-order valence-electron chi connectivity index (χ2n) is 7.63. The van der Waals surface area contributed by atoms with Gasteiger partial charge < -0.3 is 15.4 Å². The number of rotatable bonds is 6. The first-order valence-corrected chi connectivity index (χ1v) is 10.4. The van der Waals surface area contributed by atoms with Gasteiger partial charge in [-0.25, -0.2) is 9.97 Å². The molecule has 164 valence electrons. The molecule has 2 aromatic carbocycles. The van der Waals surface area contributed by atoms with Gasteiger partial charge in [0.05, 0.1) is 18.3 Å². The van der Waals surface area contributed by atoms with Crippen molar-refractivity contribution in [3.05, 3.63) is 59.5 Å². The molecule has 1 amide bonds. The first kappa shape index (κ1) is 21.6. The van der Waals surface area contributed by atoms with Crippen molar-refractivity contribution >= 4 is 40.0 Å². The summed E-state index contributed by atoms with van der Waals surface area (Å²) in [6.07, 6.45) is 5.29. The van der Waals surface area contributed by atoms with Crippen LogP contribution < -0.4 is 15.4 Å². The highest BCUT2D eigenvalue weighted by Crippen LogP contribution is 2.39. The van der Waals surface area contributed by atoms with Crippen LogP contribution in [0.1, 0.15) is 24.2 Å². The number of aryl methyl sites for hydroxylation is 1. The van der Waals surface area contributed by atoms with Gasteiger partial charge in [-0.2, -0.15) is 5.10 Å². The third kappa shape index (κ3) is 4.36. The average Bonchev–Trinajstić information content (AvgIpc) is 3.19. The van der Waals surface area contributed by atoms with Crippen molar-refractivity contribution in [2.75, 3.05) is 12.4 Å². The van der Waals surface area contributed by atoms with Crippen molar-refractivity contribution in [2.45, 2.75) is 19.9 Å². The predicted molar refractivity (Wildman–Crippen MR) is 126 cm³/mol. The first-order chi connectivity index (χ1) is 15.4. The lowest BCUT2D eigenvalue weighted by Crippen LogP contribution is -2.29. The van der Waals surface area contributed by atoms with Crippen LogP contribution in [-0.2, 0) is 7.05 Å². The topological polar surface area (TPSA) is 94.0 Å². The summed E-state index contributed by atoms with van der Waals surface area (Å²) in [4.78, 5) is 21.2. The smallest absolute Gasteiger partial charge is 0.251 e. The van der Waals surface area contributed by atoms with Gasteiger partial charge in [0.25, 0.3) is 5.91 Å². The van der Waals surface area contributed by atoms with Crippen molar-refractivity contribution in [1.82, 2.24) is 25.1 Å². The number of nitrogens with one attached hydrogen (secondary N) is 2. The number of hydrogen-bond donors (Lipinski definition) is 2. The number of fused-ring (bicyclic) bond motifs is 1. The maximum absolute atomic E-state index is 12.1. The molecule has 0 bridgehead atoms. The zero-order chi connectivity index (χ0) is 22.8. The van der Waals surface area contributed by atoms with E-state index in [-0.39, 0.29) is 11.9 Å². The fourth-order valence-corrected chi connectivity index (χ4v) is 3.60. The lowest BCUT2D eigenvalue weighted by molar-refractivity contribution is 0.0943. The highest BCUT2D eigenvalue weighted by Gasteiger charge is 2.17. The Labute approximate surface area is 190 Å². The Morgan fingerprint density at radius 3 is 2.56 bits per heavy atom. The molecule has 0 saturated carbocycles. The van der Waals surface area contributed by atoms with Gasteiger partial charge in [-0.3, -0.25) is 9.48 Å². The van der Waals surface area contributed by atoms with Crippen LogP contribution in [0.15, 0.2) is 48.9 Å². The van der Waals surface area contributed by atoms with E-state index >= 15 is 0 Å². The number of carbonyl (C=O) groups excluding carboxylic acids is 1. The lowest BCUT2D eigenvalue weighted by atomic mass is 10.1. The maximum Gasteiger partial charge on any atom is 0.251 e. The van der Waals surface area contributed by atoms with Crippen LogP contribution in [-0.4, -0.2) is 38.8 Å². The van der Waals surface area contributed by atoms with Gasteiger partial charge in [0.15, 0.2) is 5.75 Å². The number of methoxy groups -OCH3 is 1. The molecule has 0 spiro atoms. The van der Waals surface area contributed by atoms with Crippen LogP contribution in [0.2, 0.25) is 5.02 Å². The van der Waals surface area contributed by atoms with Crippen LogP contribution in [0.5, 0.6) is 5.75 Å². The summed E-state index contributed by atoms with van der Waals surface area (Å²) in [5, 5.41) is 11.5. The molecule has 2 aromatic heterocycles. The second-order valence-corrected chi connectivity index (χ2v) is 8.04.